The van der Waals surface area contributed by atoms with Gasteiger partial charge in [0.05, 0.1) is 11.5 Å². The van der Waals surface area contributed by atoms with E-state index >= 15 is 0 Å². The normalized spacial score (nSPS) is 32.5. The molecule has 26 heavy (non-hydrogen) atoms. The van der Waals surface area contributed by atoms with Gasteiger partial charge < -0.3 is 9.84 Å². The molecule has 1 N–H and O–H groups in total. The van der Waals surface area contributed by atoms with Gasteiger partial charge in [0.1, 0.15) is 12.4 Å². The molecule has 0 aromatic heterocycles. The van der Waals surface area contributed by atoms with E-state index in [1.807, 2.05) is 6.07 Å². The predicted molar refractivity (Wildman–Crippen MR) is 95.3 cm³/mol. The number of carbonyl (C=O) groups is 1. The second-order valence-electron chi connectivity index (χ2n) is 8.14. The number of nitrogens with zero attached hydrogens (tertiary/aromatic N) is 1. The zero-order chi connectivity index (χ0) is 18.5. The lowest BCUT2D eigenvalue weighted by Crippen LogP contribution is -2.42. The topological polar surface area (TPSA) is 89.7 Å². The maximum atomic E-state index is 12.4. The van der Waals surface area contributed by atoms with Crippen LogP contribution in [0.15, 0.2) is 12.1 Å². The largest absolute Gasteiger partial charge is 0.484 e. The number of carbonyl (C=O) groups excluding carboxylic acids is 1. The Balaban J connectivity index is 1.72. The van der Waals surface area contributed by atoms with Crippen LogP contribution in [0, 0.1) is 27.4 Å². The number of rotatable bonds is 4. The van der Waals surface area contributed by atoms with Crippen LogP contribution in [0.5, 0.6) is 5.75 Å². The van der Waals surface area contributed by atoms with Crippen LogP contribution in [-0.4, -0.2) is 29.0 Å². The minimum atomic E-state index is -0.349. The Bertz CT molecular complexity index is 761. The van der Waals surface area contributed by atoms with E-state index in [0.717, 1.165) is 36.8 Å². The third kappa shape index (κ3) is 2.46. The highest BCUT2D eigenvalue weighted by Crippen LogP contribution is 2.60. The van der Waals surface area contributed by atoms with Crippen molar-refractivity contribution in [3.8, 4) is 5.75 Å². The van der Waals surface area contributed by atoms with Gasteiger partial charge in [0.15, 0.2) is 5.75 Å². The fraction of sp³-hybridized carbons (Fsp3) is 0.650. The molecule has 1 aromatic rings. The lowest BCUT2D eigenvalue weighted by atomic mass is 9.55. The molecule has 1 aromatic carbocycles. The van der Waals surface area contributed by atoms with Crippen molar-refractivity contribution in [1.82, 2.24) is 0 Å². The van der Waals surface area contributed by atoms with E-state index in [1.54, 1.807) is 6.07 Å². The third-order valence-electron chi connectivity index (χ3n) is 7.09. The first-order chi connectivity index (χ1) is 12.5. The average molecular weight is 359 g/mol. The van der Waals surface area contributed by atoms with Gasteiger partial charge >= 0.3 is 5.69 Å². The fourth-order valence-electron chi connectivity index (χ4n) is 5.87. The summed E-state index contributed by atoms with van der Waals surface area (Å²) in [6, 6.07) is 3.66. The summed E-state index contributed by atoms with van der Waals surface area (Å²) >= 11 is 0. The molecular weight excluding hydrogens is 334 g/mol. The number of ether oxygens (including phenoxy) is 1. The summed E-state index contributed by atoms with van der Waals surface area (Å²) in [5.74, 6) is 1.81. The first-order valence-electron chi connectivity index (χ1n) is 9.54. The number of aliphatic hydroxyl groups excluding tert-OH is 1. The average Bonchev–Trinajstić information content (AvgIpc) is 2.93. The zero-order valence-electron chi connectivity index (χ0n) is 15.1. The first kappa shape index (κ1) is 17.5. The van der Waals surface area contributed by atoms with E-state index in [-0.39, 0.29) is 35.0 Å². The Hall–Kier alpha value is -1.95. The van der Waals surface area contributed by atoms with Crippen LogP contribution < -0.4 is 4.74 Å². The maximum Gasteiger partial charge on any atom is 0.314 e. The molecule has 6 heteroatoms. The maximum absolute atomic E-state index is 12.4. The highest BCUT2D eigenvalue weighted by molar-refractivity contribution is 5.87. The summed E-state index contributed by atoms with van der Waals surface area (Å²) in [4.78, 5) is 23.8. The molecule has 0 bridgehead atoms. The number of nitro benzene ring substituents is 1. The molecule has 4 rings (SSSR count). The third-order valence-corrected chi connectivity index (χ3v) is 7.09. The van der Waals surface area contributed by atoms with Gasteiger partial charge in [-0.2, -0.15) is 0 Å². The molecule has 0 unspecified atom stereocenters. The second-order valence-corrected chi connectivity index (χ2v) is 8.14. The molecule has 0 spiro atoms. The minimum Gasteiger partial charge on any atom is -0.484 e. The quantitative estimate of drug-likeness (QED) is 0.657. The van der Waals surface area contributed by atoms with Crippen molar-refractivity contribution in [1.29, 1.82) is 0 Å². The number of hydrogen-bond donors (Lipinski definition) is 1. The molecule has 0 amide bonds. The molecule has 0 saturated heterocycles. The standard InChI is InChI=1S/C20H25NO5/c1-20-9-8-13-12-4-6-17(26-11-10-22)19(21(24)25)15(12)3-2-14(13)16(20)5-7-18(20)23/h4,6,13-14,16,22H,2-3,5,7-11H2,1H3/t13-,14+,16+,20+/m1/s1. The summed E-state index contributed by atoms with van der Waals surface area (Å²) < 4.78 is 5.41. The molecule has 4 atom stereocenters. The minimum absolute atomic E-state index is 0.0498. The van der Waals surface area contributed by atoms with Gasteiger partial charge in [-0.25, -0.2) is 0 Å². The molecule has 0 radical (unpaired) electrons. The fourth-order valence-corrected chi connectivity index (χ4v) is 5.87. The predicted octanol–water partition coefficient (Wildman–Crippen LogP) is 3.39. The molecule has 3 aliphatic carbocycles. The summed E-state index contributed by atoms with van der Waals surface area (Å²) in [5.41, 5.74) is 1.74. The smallest absolute Gasteiger partial charge is 0.314 e. The monoisotopic (exact) mass is 359 g/mol. The zero-order valence-corrected chi connectivity index (χ0v) is 15.1. The Kier molecular flexibility index (Phi) is 4.26. The lowest BCUT2D eigenvalue weighted by molar-refractivity contribution is -0.386. The Morgan fingerprint density at radius 1 is 1.31 bits per heavy atom. The Morgan fingerprint density at radius 2 is 2.12 bits per heavy atom. The van der Waals surface area contributed by atoms with Crippen molar-refractivity contribution in [3.05, 3.63) is 33.4 Å². The number of nitro groups is 1. The number of benzene rings is 1. The van der Waals surface area contributed by atoms with Crippen molar-refractivity contribution in [2.45, 2.75) is 51.4 Å². The van der Waals surface area contributed by atoms with Gasteiger partial charge in [-0.3, -0.25) is 14.9 Å². The van der Waals surface area contributed by atoms with Gasteiger partial charge in [0.2, 0.25) is 0 Å². The molecule has 0 heterocycles. The van der Waals surface area contributed by atoms with Crippen molar-refractivity contribution in [3.63, 3.8) is 0 Å². The number of fused-ring (bicyclic) bond motifs is 5. The van der Waals surface area contributed by atoms with Crippen LogP contribution in [0.3, 0.4) is 0 Å². The van der Waals surface area contributed by atoms with Crippen LogP contribution in [0.1, 0.15) is 56.1 Å². The van der Waals surface area contributed by atoms with Gasteiger partial charge in [0, 0.05) is 17.4 Å². The second kappa shape index (κ2) is 6.34. The number of ketones is 1. The van der Waals surface area contributed by atoms with E-state index < -0.39 is 0 Å². The van der Waals surface area contributed by atoms with Gasteiger partial charge in [0.25, 0.3) is 0 Å². The van der Waals surface area contributed by atoms with Crippen LogP contribution in [0.2, 0.25) is 0 Å². The lowest BCUT2D eigenvalue weighted by Gasteiger charge is -2.48. The van der Waals surface area contributed by atoms with Crippen molar-refractivity contribution in [2.24, 2.45) is 17.3 Å². The number of Topliss-reactive ketones (excluding diaryl/α,β-unsaturated/α-hetero) is 1. The molecule has 0 aliphatic heterocycles. The molecule has 2 fully saturated rings. The van der Waals surface area contributed by atoms with Crippen molar-refractivity contribution < 1.29 is 19.6 Å². The summed E-state index contributed by atoms with van der Waals surface area (Å²) in [6.45, 7) is 2.01. The molecule has 3 aliphatic rings. The van der Waals surface area contributed by atoms with Crippen LogP contribution in [0.25, 0.3) is 0 Å². The van der Waals surface area contributed by atoms with Crippen LogP contribution in [0.4, 0.5) is 5.69 Å². The van der Waals surface area contributed by atoms with E-state index in [1.165, 1.54) is 0 Å². The number of hydrogen-bond acceptors (Lipinski definition) is 5. The van der Waals surface area contributed by atoms with E-state index in [2.05, 4.69) is 6.92 Å². The van der Waals surface area contributed by atoms with E-state index in [4.69, 9.17) is 9.84 Å². The highest BCUT2D eigenvalue weighted by atomic mass is 16.6. The van der Waals surface area contributed by atoms with Crippen molar-refractivity contribution >= 4 is 11.5 Å². The summed E-state index contributed by atoms with van der Waals surface area (Å²) in [5, 5.41) is 20.7. The van der Waals surface area contributed by atoms with Crippen molar-refractivity contribution in [2.75, 3.05) is 13.2 Å². The van der Waals surface area contributed by atoms with Crippen LogP contribution >= 0.6 is 0 Å². The Labute approximate surface area is 152 Å². The van der Waals surface area contributed by atoms with E-state index in [0.29, 0.717) is 36.4 Å². The Morgan fingerprint density at radius 3 is 2.85 bits per heavy atom. The first-order valence-corrected chi connectivity index (χ1v) is 9.54. The SMILES string of the molecule is C[C@]12CC[C@@H]3c4ccc(OCCO)c([N+](=O)[O-])c4CC[C@@H]3[C@@H]1CCC2=O. The molecule has 2 saturated carbocycles. The highest BCUT2D eigenvalue weighted by Gasteiger charge is 2.55. The molecule has 140 valence electrons. The molecule has 6 nitrogen and oxygen atoms in total. The van der Waals surface area contributed by atoms with Gasteiger partial charge in [-0.1, -0.05) is 13.0 Å². The van der Waals surface area contributed by atoms with Gasteiger partial charge in [-0.15, -0.1) is 0 Å². The summed E-state index contributed by atoms with van der Waals surface area (Å²) in [6.07, 6.45) is 5.01. The van der Waals surface area contributed by atoms with Crippen LogP contribution in [-0.2, 0) is 11.2 Å². The van der Waals surface area contributed by atoms with Gasteiger partial charge in [-0.05, 0) is 61.5 Å². The number of aliphatic hydroxyl groups is 1. The van der Waals surface area contributed by atoms with E-state index in [9.17, 15) is 14.9 Å². The molecular formula is C20H25NO5. The summed E-state index contributed by atoms with van der Waals surface area (Å²) in [7, 11) is 0.